The number of likely N-dealkylation sites (tertiary alicyclic amines) is 2. The lowest BCUT2D eigenvalue weighted by atomic mass is 9.92. The second-order valence-corrected chi connectivity index (χ2v) is 8.10. The number of piperidine rings is 2. The summed E-state index contributed by atoms with van der Waals surface area (Å²) in [5.74, 6) is -0.658. The van der Waals surface area contributed by atoms with E-state index in [1.165, 1.54) is 12.3 Å². The van der Waals surface area contributed by atoms with Crippen molar-refractivity contribution in [2.45, 2.75) is 31.7 Å². The van der Waals surface area contributed by atoms with Crippen molar-refractivity contribution in [1.29, 1.82) is 0 Å². The Bertz CT molecular complexity index is 721. The van der Waals surface area contributed by atoms with Gasteiger partial charge in [-0.1, -0.05) is 0 Å². The van der Waals surface area contributed by atoms with E-state index >= 15 is 0 Å². The van der Waals surface area contributed by atoms with Gasteiger partial charge in [-0.05, 0) is 44.4 Å². The molecule has 4 heterocycles. The molecule has 1 aromatic rings. The third-order valence-electron chi connectivity index (χ3n) is 6.33. The van der Waals surface area contributed by atoms with Crippen LogP contribution in [0.5, 0.6) is 0 Å². The summed E-state index contributed by atoms with van der Waals surface area (Å²) in [4.78, 5) is 43.5. The molecule has 3 saturated heterocycles. The number of hydrogen-bond donors (Lipinski definition) is 0. The van der Waals surface area contributed by atoms with Crippen LogP contribution >= 0.6 is 0 Å². The first-order valence-electron chi connectivity index (χ1n) is 10.6. The molecular weight excluding hydrogens is 374 g/mol. The summed E-state index contributed by atoms with van der Waals surface area (Å²) in [6.07, 6.45) is 5.03. The predicted octanol–water partition coefficient (Wildman–Crippen LogP) is 1.02. The average molecular weight is 403 g/mol. The molecule has 0 bridgehead atoms. The van der Waals surface area contributed by atoms with Crippen molar-refractivity contribution >= 4 is 17.6 Å². The summed E-state index contributed by atoms with van der Waals surface area (Å²) in [5.41, 5.74) is 0. The van der Waals surface area contributed by atoms with Crippen LogP contribution in [0.25, 0.3) is 0 Å². The number of ether oxygens (including phenoxy) is 1. The molecule has 3 aliphatic heterocycles. The van der Waals surface area contributed by atoms with Crippen LogP contribution in [0.4, 0.5) is 0 Å². The molecule has 4 rings (SSSR count). The molecule has 1 aromatic heterocycles. The lowest BCUT2D eigenvalue weighted by molar-refractivity contribution is -0.142. The van der Waals surface area contributed by atoms with Crippen molar-refractivity contribution < 1.29 is 23.5 Å². The van der Waals surface area contributed by atoms with Crippen LogP contribution in [0, 0.1) is 5.92 Å². The molecule has 8 heteroatoms. The minimum atomic E-state index is -0.581. The van der Waals surface area contributed by atoms with Crippen LogP contribution in [0.15, 0.2) is 22.8 Å². The third-order valence-corrected chi connectivity index (χ3v) is 6.33. The van der Waals surface area contributed by atoms with Gasteiger partial charge in [0.25, 0.3) is 11.7 Å². The van der Waals surface area contributed by atoms with Crippen LogP contribution in [-0.4, -0.2) is 90.8 Å². The van der Waals surface area contributed by atoms with E-state index in [0.717, 1.165) is 38.8 Å². The number of Topliss-reactive ketones (excluding diaryl/α,β-unsaturated/α-hetero) is 1. The van der Waals surface area contributed by atoms with Gasteiger partial charge in [-0.25, -0.2) is 0 Å². The molecule has 158 valence electrons. The first kappa shape index (κ1) is 20.1. The molecule has 8 nitrogen and oxygen atoms in total. The predicted molar refractivity (Wildman–Crippen MR) is 104 cm³/mol. The molecular formula is C21H29N3O5. The van der Waals surface area contributed by atoms with Crippen LogP contribution in [-0.2, 0) is 14.3 Å². The topological polar surface area (TPSA) is 83.3 Å². The molecule has 0 aromatic carbocycles. The Labute approximate surface area is 170 Å². The molecule has 0 N–H and O–H groups in total. The maximum atomic E-state index is 12.9. The zero-order valence-electron chi connectivity index (χ0n) is 16.8. The number of rotatable bonds is 4. The van der Waals surface area contributed by atoms with Crippen molar-refractivity contribution in [2.75, 3.05) is 52.5 Å². The highest BCUT2D eigenvalue weighted by atomic mass is 16.5. The highest BCUT2D eigenvalue weighted by Gasteiger charge is 2.35. The Kier molecular flexibility index (Phi) is 6.30. The van der Waals surface area contributed by atoms with E-state index in [0.29, 0.717) is 45.4 Å². The summed E-state index contributed by atoms with van der Waals surface area (Å²) in [7, 11) is 0. The van der Waals surface area contributed by atoms with Crippen molar-refractivity contribution in [1.82, 2.24) is 14.7 Å². The second kappa shape index (κ2) is 9.09. The largest absolute Gasteiger partial charge is 0.461 e. The highest BCUT2D eigenvalue weighted by Crippen LogP contribution is 2.25. The quantitative estimate of drug-likeness (QED) is 0.552. The van der Waals surface area contributed by atoms with Gasteiger partial charge >= 0.3 is 0 Å². The molecule has 0 spiro atoms. The van der Waals surface area contributed by atoms with Gasteiger partial charge in [0, 0.05) is 38.8 Å². The van der Waals surface area contributed by atoms with E-state index < -0.39 is 11.7 Å². The highest BCUT2D eigenvalue weighted by molar-refractivity contribution is 6.41. The standard InChI is InChI=1S/C21H29N3O5/c25-19(18-4-2-12-29-18)21(27)22-8-5-17(6-9-22)24-7-1-3-16(15-24)20(26)23-10-13-28-14-11-23/h2,4,12,16-17H,1,3,5-11,13-15H2/t16-/m0/s1. The Hall–Kier alpha value is -2.19. The molecule has 3 fully saturated rings. The number of carbonyl (C=O) groups is 3. The fourth-order valence-electron chi connectivity index (χ4n) is 4.67. The van der Waals surface area contributed by atoms with Crippen LogP contribution in [0.2, 0.25) is 0 Å². The molecule has 0 radical (unpaired) electrons. The van der Waals surface area contributed by atoms with Crippen LogP contribution in [0.3, 0.4) is 0 Å². The van der Waals surface area contributed by atoms with E-state index in [1.54, 1.807) is 11.0 Å². The molecule has 2 amide bonds. The lowest BCUT2D eigenvalue weighted by Gasteiger charge is -2.42. The number of nitrogens with zero attached hydrogens (tertiary/aromatic N) is 3. The summed E-state index contributed by atoms with van der Waals surface area (Å²) in [5, 5.41) is 0. The molecule has 0 unspecified atom stereocenters. The fraction of sp³-hybridized carbons (Fsp3) is 0.667. The summed E-state index contributed by atoms with van der Waals surface area (Å²) in [6, 6.07) is 3.49. The maximum Gasteiger partial charge on any atom is 0.298 e. The Morgan fingerprint density at radius 2 is 1.69 bits per heavy atom. The Morgan fingerprint density at radius 3 is 2.38 bits per heavy atom. The zero-order valence-corrected chi connectivity index (χ0v) is 16.8. The fourth-order valence-corrected chi connectivity index (χ4v) is 4.67. The van der Waals surface area contributed by atoms with Gasteiger partial charge in [-0.2, -0.15) is 0 Å². The number of carbonyl (C=O) groups excluding carboxylic acids is 3. The minimum absolute atomic E-state index is 0.0574. The number of hydrogen-bond acceptors (Lipinski definition) is 6. The Morgan fingerprint density at radius 1 is 0.931 bits per heavy atom. The van der Waals surface area contributed by atoms with Gasteiger partial charge in [0.15, 0.2) is 5.76 Å². The SMILES string of the molecule is O=C(C(=O)N1CCC(N2CCC[C@H](C(=O)N3CCOCC3)C2)CC1)c1ccco1. The van der Waals surface area contributed by atoms with E-state index in [-0.39, 0.29) is 17.6 Å². The number of furan rings is 1. The van der Waals surface area contributed by atoms with Gasteiger partial charge < -0.3 is 19.0 Å². The van der Waals surface area contributed by atoms with E-state index in [4.69, 9.17) is 9.15 Å². The first-order chi connectivity index (χ1) is 14.1. The van der Waals surface area contributed by atoms with Gasteiger partial charge in [-0.3, -0.25) is 19.3 Å². The van der Waals surface area contributed by atoms with E-state index in [9.17, 15) is 14.4 Å². The number of amides is 2. The number of ketones is 1. The van der Waals surface area contributed by atoms with Crippen molar-refractivity contribution in [3.63, 3.8) is 0 Å². The van der Waals surface area contributed by atoms with Crippen molar-refractivity contribution in [3.05, 3.63) is 24.2 Å². The Balaban J connectivity index is 1.28. The summed E-state index contributed by atoms with van der Waals surface area (Å²) < 4.78 is 10.4. The smallest absolute Gasteiger partial charge is 0.298 e. The first-order valence-corrected chi connectivity index (χ1v) is 10.6. The van der Waals surface area contributed by atoms with E-state index in [1.807, 2.05) is 4.90 Å². The van der Waals surface area contributed by atoms with Gasteiger partial charge in [0.2, 0.25) is 5.91 Å². The molecule has 3 aliphatic rings. The second-order valence-electron chi connectivity index (χ2n) is 8.10. The zero-order chi connectivity index (χ0) is 20.2. The molecule has 29 heavy (non-hydrogen) atoms. The number of morpholine rings is 1. The van der Waals surface area contributed by atoms with Crippen LogP contribution < -0.4 is 0 Å². The molecule has 1 atom stereocenters. The summed E-state index contributed by atoms with van der Waals surface area (Å²) in [6.45, 7) is 5.57. The minimum Gasteiger partial charge on any atom is -0.461 e. The third kappa shape index (κ3) is 4.53. The van der Waals surface area contributed by atoms with Gasteiger partial charge in [-0.15, -0.1) is 0 Å². The van der Waals surface area contributed by atoms with E-state index in [2.05, 4.69) is 4.90 Å². The summed E-state index contributed by atoms with van der Waals surface area (Å²) >= 11 is 0. The average Bonchev–Trinajstić information content (AvgIpc) is 3.33. The molecule has 0 aliphatic carbocycles. The van der Waals surface area contributed by atoms with Crippen molar-refractivity contribution in [2.24, 2.45) is 5.92 Å². The normalized spacial score (nSPS) is 24.5. The maximum absolute atomic E-state index is 12.9. The van der Waals surface area contributed by atoms with Gasteiger partial charge in [0.1, 0.15) is 0 Å². The van der Waals surface area contributed by atoms with Gasteiger partial charge in [0.05, 0.1) is 25.4 Å². The van der Waals surface area contributed by atoms with Crippen LogP contribution in [0.1, 0.15) is 36.2 Å². The molecule has 0 saturated carbocycles. The monoisotopic (exact) mass is 403 g/mol. The lowest BCUT2D eigenvalue weighted by Crippen LogP contribution is -2.53. The van der Waals surface area contributed by atoms with Crippen molar-refractivity contribution in [3.8, 4) is 0 Å².